The molecule has 2 aliphatic rings. The van der Waals surface area contributed by atoms with Gasteiger partial charge in [0.05, 0.1) is 0 Å². The van der Waals surface area contributed by atoms with Gasteiger partial charge in [-0.1, -0.05) is 48.6 Å². The fourth-order valence-corrected chi connectivity index (χ4v) is 3.62. The van der Waals surface area contributed by atoms with Gasteiger partial charge in [-0.3, -0.25) is 4.79 Å². The molecule has 3 rings (SSSR count). The molecule has 1 aliphatic carbocycles. The van der Waals surface area contributed by atoms with Crippen LogP contribution in [-0.4, -0.2) is 23.9 Å². The van der Waals surface area contributed by atoms with Crippen LogP contribution >= 0.6 is 0 Å². The highest BCUT2D eigenvalue weighted by Gasteiger charge is 2.21. The lowest BCUT2D eigenvalue weighted by atomic mass is 9.90. The standard InChI is InChI=1S/C21H27NO/c23-21(12-11-18-7-3-1-4-8-18)22-15-13-20(14-16-22)17-19-9-5-2-6-10-19/h1-3,5-6,9-12,18,20H,4,7-8,13-17H2. The van der Waals surface area contributed by atoms with Crippen molar-refractivity contribution in [1.29, 1.82) is 0 Å². The molecule has 1 unspecified atom stereocenters. The maximum absolute atomic E-state index is 12.3. The van der Waals surface area contributed by atoms with E-state index in [1.54, 1.807) is 0 Å². The van der Waals surface area contributed by atoms with Crippen LogP contribution in [0.15, 0.2) is 54.6 Å². The van der Waals surface area contributed by atoms with Crippen molar-refractivity contribution in [2.45, 2.75) is 38.5 Å². The van der Waals surface area contributed by atoms with Crippen LogP contribution in [0.25, 0.3) is 0 Å². The lowest BCUT2D eigenvalue weighted by Crippen LogP contribution is -2.38. The number of carbonyl (C=O) groups excluding carboxylic acids is 1. The van der Waals surface area contributed by atoms with Crippen LogP contribution in [0, 0.1) is 11.8 Å². The van der Waals surface area contributed by atoms with Gasteiger partial charge >= 0.3 is 0 Å². The third-order valence-electron chi connectivity index (χ3n) is 5.11. The van der Waals surface area contributed by atoms with Crippen LogP contribution in [0.1, 0.15) is 37.7 Å². The SMILES string of the molecule is O=C(C=CC1CC=CCC1)N1CCC(Cc2ccccc2)CC1. The molecule has 1 aliphatic heterocycles. The molecule has 0 radical (unpaired) electrons. The number of hydrogen-bond acceptors (Lipinski definition) is 1. The first-order valence-corrected chi connectivity index (χ1v) is 8.97. The zero-order valence-corrected chi connectivity index (χ0v) is 13.9. The molecule has 0 saturated carbocycles. The van der Waals surface area contributed by atoms with Crippen molar-refractivity contribution < 1.29 is 4.79 Å². The summed E-state index contributed by atoms with van der Waals surface area (Å²) in [6.07, 6.45) is 15.2. The Kier molecular flexibility index (Phi) is 5.68. The smallest absolute Gasteiger partial charge is 0.246 e. The first-order valence-electron chi connectivity index (χ1n) is 8.97. The highest BCUT2D eigenvalue weighted by molar-refractivity contribution is 5.87. The average Bonchev–Trinajstić information content (AvgIpc) is 2.62. The molecule has 2 nitrogen and oxygen atoms in total. The van der Waals surface area contributed by atoms with E-state index in [9.17, 15) is 4.79 Å². The molecule has 122 valence electrons. The Labute approximate surface area is 139 Å². The second-order valence-electron chi connectivity index (χ2n) is 6.86. The van der Waals surface area contributed by atoms with Crippen molar-refractivity contribution in [1.82, 2.24) is 4.90 Å². The van der Waals surface area contributed by atoms with Gasteiger partial charge in [0.25, 0.3) is 0 Å². The van der Waals surface area contributed by atoms with Gasteiger partial charge in [-0.25, -0.2) is 0 Å². The molecular formula is C21H27NO. The molecule has 1 atom stereocenters. The van der Waals surface area contributed by atoms with Gasteiger partial charge in [0, 0.05) is 13.1 Å². The summed E-state index contributed by atoms with van der Waals surface area (Å²) >= 11 is 0. The quantitative estimate of drug-likeness (QED) is 0.597. The van der Waals surface area contributed by atoms with Gasteiger partial charge in [-0.15, -0.1) is 0 Å². The lowest BCUT2D eigenvalue weighted by Gasteiger charge is -2.31. The van der Waals surface area contributed by atoms with Crippen molar-refractivity contribution in [2.75, 3.05) is 13.1 Å². The zero-order chi connectivity index (χ0) is 15.9. The first-order chi connectivity index (χ1) is 11.3. The largest absolute Gasteiger partial charge is 0.339 e. The Morgan fingerprint density at radius 3 is 2.57 bits per heavy atom. The van der Waals surface area contributed by atoms with Crippen molar-refractivity contribution in [3.63, 3.8) is 0 Å². The Morgan fingerprint density at radius 1 is 1.09 bits per heavy atom. The summed E-state index contributed by atoms with van der Waals surface area (Å²) in [5, 5.41) is 0. The fourth-order valence-electron chi connectivity index (χ4n) is 3.62. The number of benzene rings is 1. The molecule has 1 saturated heterocycles. The highest BCUT2D eigenvalue weighted by Crippen LogP contribution is 2.23. The van der Waals surface area contributed by atoms with Crippen molar-refractivity contribution in [3.05, 3.63) is 60.2 Å². The van der Waals surface area contributed by atoms with Gasteiger partial charge < -0.3 is 4.90 Å². The van der Waals surface area contributed by atoms with Crippen LogP contribution in [0.3, 0.4) is 0 Å². The van der Waals surface area contributed by atoms with Crippen LogP contribution in [-0.2, 0) is 11.2 Å². The third-order valence-corrected chi connectivity index (χ3v) is 5.11. The summed E-state index contributed by atoms with van der Waals surface area (Å²) in [5.74, 6) is 1.48. The predicted molar refractivity (Wildman–Crippen MR) is 95.1 cm³/mol. The maximum atomic E-state index is 12.3. The predicted octanol–water partition coefficient (Wildman–Crippen LogP) is 4.38. The van der Waals surface area contributed by atoms with Crippen LogP contribution < -0.4 is 0 Å². The van der Waals surface area contributed by atoms with E-state index >= 15 is 0 Å². The van der Waals surface area contributed by atoms with Crippen molar-refractivity contribution >= 4 is 5.91 Å². The van der Waals surface area contributed by atoms with E-state index < -0.39 is 0 Å². The Hall–Kier alpha value is -1.83. The molecule has 1 amide bonds. The topological polar surface area (TPSA) is 20.3 Å². The summed E-state index contributed by atoms with van der Waals surface area (Å²) in [4.78, 5) is 14.4. The Balaban J connectivity index is 1.44. The lowest BCUT2D eigenvalue weighted by molar-refractivity contribution is -0.127. The average molecular weight is 309 g/mol. The molecule has 1 aromatic carbocycles. The number of nitrogens with zero attached hydrogens (tertiary/aromatic N) is 1. The van der Waals surface area contributed by atoms with Crippen LogP contribution in [0.4, 0.5) is 0 Å². The minimum atomic E-state index is 0.206. The van der Waals surface area contributed by atoms with Crippen LogP contribution in [0.5, 0.6) is 0 Å². The monoisotopic (exact) mass is 309 g/mol. The number of carbonyl (C=O) groups is 1. The number of piperidine rings is 1. The summed E-state index contributed by atoms with van der Waals surface area (Å²) < 4.78 is 0. The zero-order valence-electron chi connectivity index (χ0n) is 13.9. The number of amides is 1. The minimum Gasteiger partial charge on any atom is -0.339 e. The normalized spacial score (nSPS) is 22.6. The van der Waals surface area contributed by atoms with Crippen molar-refractivity contribution in [3.8, 4) is 0 Å². The van der Waals surface area contributed by atoms with E-state index in [1.807, 2.05) is 11.0 Å². The van der Waals surface area contributed by atoms with E-state index in [0.29, 0.717) is 11.8 Å². The fraction of sp³-hybridized carbons (Fsp3) is 0.476. The van der Waals surface area contributed by atoms with Gasteiger partial charge in [-0.05, 0) is 62.0 Å². The van der Waals surface area contributed by atoms with E-state index in [-0.39, 0.29) is 5.91 Å². The number of hydrogen-bond donors (Lipinski definition) is 0. The summed E-state index contributed by atoms with van der Waals surface area (Å²) in [5.41, 5.74) is 1.42. The van der Waals surface area contributed by atoms with Gasteiger partial charge in [0.2, 0.25) is 5.91 Å². The first kappa shape index (κ1) is 16.0. The Bertz CT molecular complexity index is 552. The molecule has 1 heterocycles. The van der Waals surface area contributed by atoms with E-state index in [1.165, 1.54) is 12.0 Å². The van der Waals surface area contributed by atoms with Crippen molar-refractivity contribution in [2.24, 2.45) is 11.8 Å². The minimum absolute atomic E-state index is 0.206. The molecule has 1 fully saturated rings. The highest BCUT2D eigenvalue weighted by atomic mass is 16.2. The van der Waals surface area contributed by atoms with Crippen LogP contribution in [0.2, 0.25) is 0 Å². The van der Waals surface area contributed by atoms with E-state index in [2.05, 4.69) is 48.6 Å². The number of rotatable bonds is 4. The molecule has 1 aromatic rings. The summed E-state index contributed by atoms with van der Waals surface area (Å²) in [6, 6.07) is 10.7. The molecule has 0 aromatic heterocycles. The third kappa shape index (κ3) is 4.82. The second kappa shape index (κ2) is 8.14. The Morgan fingerprint density at radius 2 is 1.87 bits per heavy atom. The summed E-state index contributed by atoms with van der Waals surface area (Å²) in [7, 11) is 0. The van der Waals surface area contributed by atoms with Gasteiger partial charge in [0.15, 0.2) is 0 Å². The van der Waals surface area contributed by atoms with Gasteiger partial charge in [0.1, 0.15) is 0 Å². The molecule has 23 heavy (non-hydrogen) atoms. The van der Waals surface area contributed by atoms with Gasteiger partial charge in [-0.2, -0.15) is 0 Å². The molecule has 0 spiro atoms. The molecule has 0 bridgehead atoms. The molecular weight excluding hydrogens is 282 g/mol. The second-order valence-corrected chi connectivity index (χ2v) is 6.86. The number of likely N-dealkylation sites (tertiary alicyclic amines) is 1. The molecule has 0 N–H and O–H groups in total. The summed E-state index contributed by atoms with van der Waals surface area (Å²) in [6.45, 7) is 1.82. The maximum Gasteiger partial charge on any atom is 0.246 e. The van der Waals surface area contributed by atoms with E-state index in [4.69, 9.17) is 0 Å². The number of allylic oxidation sites excluding steroid dienone is 3. The van der Waals surface area contributed by atoms with E-state index in [0.717, 1.165) is 45.2 Å². The molecule has 2 heteroatoms.